The third kappa shape index (κ3) is 5.72. The van der Waals surface area contributed by atoms with E-state index in [0.29, 0.717) is 30.3 Å². The van der Waals surface area contributed by atoms with Crippen molar-refractivity contribution >= 4 is 17.2 Å². The molecule has 2 aromatic rings. The van der Waals surface area contributed by atoms with Crippen molar-refractivity contribution in [2.75, 3.05) is 33.9 Å². The molecule has 1 aliphatic rings. The number of aryl methyl sites for hydroxylation is 1. The SMILES string of the molecule is COc1cccc(CCC(=O)NCC2CCCN(Cc3cccs3)C2)c1OC. The molecule has 1 aromatic carbocycles. The average Bonchev–Trinajstić information content (AvgIpc) is 3.23. The lowest BCUT2D eigenvalue weighted by atomic mass is 9.98. The van der Waals surface area contributed by atoms with Gasteiger partial charge in [-0.25, -0.2) is 0 Å². The number of carbonyl (C=O) groups is 1. The summed E-state index contributed by atoms with van der Waals surface area (Å²) in [6, 6.07) is 10.1. The molecule has 0 saturated carbocycles. The predicted molar refractivity (Wildman–Crippen MR) is 113 cm³/mol. The minimum Gasteiger partial charge on any atom is -0.493 e. The highest BCUT2D eigenvalue weighted by Gasteiger charge is 2.21. The Morgan fingerprint density at radius 2 is 2.14 bits per heavy atom. The van der Waals surface area contributed by atoms with Gasteiger partial charge in [0.15, 0.2) is 11.5 Å². The molecule has 1 N–H and O–H groups in total. The van der Waals surface area contributed by atoms with Gasteiger partial charge >= 0.3 is 0 Å². The average molecular weight is 403 g/mol. The van der Waals surface area contributed by atoms with Crippen LogP contribution in [0.25, 0.3) is 0 Å². The van der Waals surface area contributed by atoms with Crippen LogP contribution in [-0.4, -0.2) is 44.7 Å². The fourth-order valence-electron chi connectivity index (χ4n) is 3.83. The number of thiophene rings is 1. The number of hydrogen-bond acceptors (Lipinski definition) is 5. The standard InChI is InChI=1S/C22H30N2O3S/c1-26-20-9-3-7-18(22(20)27-2)10-11-21(25)23-14-17-6-4-12-24(15-17)16-19-8-5-13-28-19/h3,5,7-9,13,17H,4,6,10-12,14-16H2,1-2H3,(H,23,25). The van der Waals surface area contributed by atoms with E-state index in [4.69, 9.17) is 9.47 Å². The summed E-state index contributed by atoms with van der Waals surface area (Å²) in [5, 5.41) is 5.27. The second-order valence-corrected chi connectivity index (χ2v) is 8.31. The van der Waals surface area contributed by atoms with Crippen LogP contribution >= 0.6 is 11.3 Å². The zero-order valence-corrected chi connectivity index (χ0v) is 17.6. The van der Waals surface area contributed by atoms with E-state index in [1.807, 2.05) is 29.5 Å². The lowest BCUT2D eigenvalue weighted by Crippen LogP contribution is -2.40. The molecule has 0 radical (unpaired) electrons. The summed E-state index contributed by atoms with van der Waals surface area (Å²) in [4.78, 5) is 16.3. The molecular formula is C22H30N2O3S. The van der Waals surface area contributed by atoms with E-state index in [2.05, 4.69) is 27.7 Å². The number of likely N-dealkylation sites (tertiary alicyclic amines) is 1. The molecular weight excluding hydrogens is 372 g/mol. The lowest BCUT2D eigenvalue weighted by molar-refractivity contribution is -0.121. The molecule has 1 atom stereocenters. The summed E-state index contributed by atoms with van der Waals surface area (Å²) in [7, 11) is 3.26. The summed E-state index contributed by atoms with van der Waals surface area (Å²) in [6.45, 7) is 3.99. The zero-order valence-electron chi connectivity index (χ0n) is 16.8. The molecule has 1 saturated heterocycles. The molecule has 0 bridgehead atoms. The van der Waals surface area contributed by atoms with Gasteiger partial charge in [0.05, 0.1) is 14.2 Å². The second kappa shape index (κ2) is 10.5. The summed E-state index contributed by atoms with van der Waals surface area (Å²) >= 11 is 1.82. The first-order chi connectivity index (χ1) is 13.7. The van der Waals surface area contributed by atoms with E-state index in [1.54, 1.807) is 14.2 Å². The van der Waals surface area contributed by atoms with Crippen molar-refractivity contribution in [1.82, 2.24) is 10.2 Å². The monoisotopic (exact) mass is 402 g/mol. The molecule has 3 rings (SSSR count). The molecule has 1 unspecified atom stereocenters. The summed E-state index contributed by atoms with van der Waals surface area (Å²) in [6.07, 6.45) is 3.48. The van der Waals surface area contributed by atoms with Gasteiger partial charge in [-0.3, -0.25) is 9.69 Å². The van der Waals surface area contributed by atoms with E-state index < -0.39 is 0 Å². The molecule has 5 nitrogen and oxygen atoms in total. The minimum absolute atomic E-state index is 0.0975. The van der Waals surface area contributed by atoms with Gasteiger partial charge in [-0.1, -0.05) is 18.2 Å². The molecule has 1 aromatic heterocycles. The Hall–Kier alpha value is -2.05. The van der Waals surface area contributed by atoms with Crippen LogP contribution in [0.5, 0.6) is 11.5 Å². The van der Waals surface area contributed by atoms with Gasteiger partial charge in [0.1, 0.15) is 0 Å². The number of ether oxygens (including phenoxy) is 2. The Bertz CT molecular complexity index is 748. The number of carbonyl (C=O) groups excluding carboxylic acids is 1. The van der Waals surface area contributed by atoms with Crippen molar-refractivity contribution in [2.24, 2.45) is 5.92 Å². The quantitative estimate of drug-likeness (QED) is 0.694. The third-order valence-corrected chi connectivity index (χ3v) is 6.12. The Morgan fingerprint density at radius 3 is 2.89 bits per heavy atom. The molecule has 0 spiro atoms. The summed E-state index contributed by atoms with van der Waals surface area (Å²) in [5.41, 5.74) is 0.997. The number of hydrogen-bond donors (Lipinski definition) is 1. The van der Waals surface area contributed by atoms with Crippen molar-refractivity contribution in [3.8, 4) is 11.5 Å². The number of benzene rings is 1. The maximum atomic E-state index is 12.4. The number of piperidine rings is 1. The molecule has 1 fully saturated rings. The molecule has 2 heterocycles. The Morgan fingerprint density at radius 1 is 1.25 bits per heavy atom. The number of rotatable bonds is 9. The van der Waals surface area contributed by atoms with Crippen LogP contribution in [-0.2, 0) is 17.8 Å². The number of nitrogens with zero attached hydrogens (tertiary/aromatic N) is 1. The van der Waals surface area contributed by atoms with Crippen LogP contribution in [0.15, 0.2) is 35.7 Å². The van der Waals surface area contributed by atoms with Gasteiger partial charge in [-0.05, 0) is 54.8 Å². The maximum absolute atomic E-state index is 12.4. The van der Waals surface area contributed by atoms with Crippen LogP contribution < -0.4 is 14.8 Å². The van der Waals surface area contributed by atoms with E-state index in [-0.39, 0.29) is 5.91 Å². The van der Waals surface area contributed by atoms with Crippen LogP contribution in [0.1, 0.15) is 29.7 Å². The number of nitrogens with one attached hydrogen (secondary N) is 1. The van der Waals surface area contributed by atoms with Crippen molar-refractivity contribution in [1.29, 1.82) is 0 Å². The number of amides is 1. The Balaban J connectivity index is 1.43. The predicted octanol–water partition coefficient (Wildman–Crippen LogP) is 3.73. The highest BCUT2D eigenvalue weighted by atomic mass is 32.1. The normalized spacial score (nSPS) is 17.3. The molecule has 0 aliphatic carbocycles. The first-order valence-corrected chi connectivity index (χ1v) is 10.8. The van der Waals surface area contributed by atoms with Crippen molar-refractivity contribution in [3.63, 3.8) is 0 Å². The van der Waals surface area contributed by atoms with Gasteiger partial charge in [-0.15, -0.1) is 11.3 Å². The first kappa shape index (κ1) is 20.7. The largest absolute Gasteiger partial charge is 0.493 e. The Kier molecular flexibility index (Phi) is 7.74. The second-order valence-electron chi connectivity index (χ2n) is 7.28. The van der Waals surface area contributed by atoms with Gasteiger partial charge in [0.25, 0.3) is 0 Å². The molecule has 1 aliphatic heterocycles. The molecule has 28 heavy (non-hydrogen) atoms. The van der Waals surface area contributed by atoms with Crippen molar-refractivity contribution in [3.05, 3.63) is 46.2 Å². The third-order valence-electron chi connectivity index (χ3n) is 5.26. The van der Waals surface area contributed by atoms with E-state index in [0.717, 1.165) is 31.7 Å². The smallest absolute Gasteiger partial charge is 0.220 e. The highest BCUT2D eigenvalue weighted by Crippen LogP contribution is 2.31. The van der Waals surface area contributed by atoms with Gasteiger partial charge in [0.2, 0.25) is 5.91 Å². The van der Waals surface area contributed by atoms with Crippen LogP contribution in [0.2, 0.25) is 0 Å². The lowest BCUT2D eigenvalue weighted by Gasteiger charge is -2.32. The fourth-order valence-corrected chi connectivity index (χ4v) is 4.58. The number of methoxy groups -OCH3 is 2. The zero-order chi connectivity index (χ0) is 19.8. The fraction of sp³-hybridized carbons (Fsp3) is 0.500. The molecule has 6 heteroatoms. The van der Waals surface area contributed by atoms with Crippen molar-refractivity contribution in [2.45, 2.75) is 32.2 Å². The van der Waals surface area contributed by atoms with Gasteiger partial charge in [0, 0.05) is 30.9 Å². The number of para-hydroxylation sites is 1. The minimum atomic E-state index is 0.0975. The van der Waals surface area contributed by atoms with Gasteiger partial charge in [-0.2, -0.15) is 0 Å². The topological polar surface area (TPSA) is 50.8 Å². The van der Waals surface area contributed by atoms with E-state index in [1.165, 1.54) is 17.7 Å². The molecule has 152 valence electrons. The van der Waals surface area contributed by atoms with Crippen LogP contribution in [0.4, 0.5) is 0 Å². The van der Waals surface area contributed by atoms with Crippen LogP contribution in [0.3, 0.4) is 0 Å². The highest BCUT2D eigenvalue weighted by molar-refractivity contribution is 7.09. The molecule has 1 amide bonds. The van der Waals surface area contributed by atoms with Crippen molar-refractivity contribution < 1.29 is 14.3 Å². The van der Waals surface area contributed by atoms with E-state index >= 15 is 0 Å². The summed E-state index contributed by atoms with van der Waals surface area (Å²) < 4.78 is 10.8. The van der Waals surface area contributed by atoms with Gasteiger partial charge < -0.3 is 14.8 Å². The van der Waals surface area contributed by atoms with E-state index in [9.17, 15) is 4.79 Å². The van der Waals surface area contributed by atoms with Crippen LogP contribution in [0, 0.1) is 5.92 Å². The Labute approximate surface area is 171 Å². The first-order valence-electron chi connectivity index (χ1n) is 9.91. The maximum Gasteiger partial charge on any atom is 0.220 e. The summed E-state index contributed by atoms with van der Waals surface area (Å²) in [5.74, 6) is 2.05.